The van der Waals surface area contributed by atoms with Crippen LogP contribution in [-0.4, -0.2) is 0 Å². The topological polar surface area (TPSA) is 0 Å². The lowest BCUT2D eigenvalue weighted by atomic mass is 9.79. The Balaban J connectivity index is 2.16. The Morgan fingerprint density at radius 3 is 1.87 bits per heavy atom. The van der Waals surface area contributed by atoms with Crippen LogP contribution in [-0.2, 0) is 11.8 Å². The first kappa shape index (κ1) is 15.6. The molecule has 0 heteroatoms. The summed E-state index contributed by atoms with van der Waals surface area (Å²) in [6.45, 7) is 6.89. The lowest BCUT2D eigenvalue weighted by Gasteiger charge is -2.25. The molecule has 0 saturated heterocycles. The number of rotatable bonds is 3. The average Bonchev–Trinajstić information content (AvgIpc) is 2.56. The molecule has 0 saturated carbocycles. The third kappa shape index (κ3) is 3.53. The van der Waals surface area contributed by atoms with E-state index in [9.17, 15) is 0 Å². The standard InChI is InChI=1S/C23H24/c1-23(2,3)22-16-10-15-20(19-13-8-5-9-14-19)21(22)17-18-11-6-4-7-12-18/h4-16H,17H2,1-3H3. The molecule has 0 heterocycles. The van der Waals surface area contributed by atoms with Gasteiger partial charge in [-0.1, -0.05) is 99.6 Å². The van der Waals surface area contributed by atoms with Crippen molar-refractivity contribution in [2.75, 3.05) is 0 Å². The van der Waals surface area contributed by atoms with Crippen LogP contribution < -0.4 is 0 Å². The van der Waals surface area contributed by atoms with Crippen LogP contribution in [0.1, 0.15) is 37.5 Å². The maximum atomic E-state index is 2.30. The minimum absolute atomic E-state index is 0.134. The Kier molecular flexibility index (Phi) is 4.34. The molecule has 0 N–H and O–H groups in total. The molecule has 23 heavy (non-hydrogen) atoms. The number of hydrogen-bond donors (Lipinski definition) is 0. The second-order valence-electron chi connectivity index (χ2n) is 7.11. The Labute approximate surface area is 139 Å². The molecule has 0 unspecified atom stereocenters. The predicted molar refractivity (Wildman–Crippen MR) is 99.8 cm³/mol. The highest BCUT2D eigenvalue weighted by atomic mass is 14.2. The zero-order valence-corrected chi connectivity index (χ0v) is 14.2. The van der Waals surface area contributed by atoms with Crippen molar-refractivity contribution in [3.05, 3.63) is 95.6 Å². The first-order valence-corrected chi connectivity index (χ1v) is 8.27. The zero-order valence-electron chi connectivity index (χ0n) is 14.2. The summed E-state index contributed by atoms with van der Waals surface area (Å²) in [4.78, 5) is 0. The van der Waals surface area contributed by atoms with Crippen LogP contribution >= 0.6 is 0 Å². The van der Waals surface area contributed by atoms with Crippen molar-refractivity contribution in [3.8, 4) is 11.1 Å². The number of benzene rings is 3. The molecule has 0 aliphatic rings. The van der Waals surface area contributed by atoms with Gasteiger partial charge in [-0.15, -0.1) is 0 Å². The van der Waals surface area contributed by atoms with Crippen molar-refractivity contribution in [1.29, 1.82) is 0 Å². The van der Waals surface area contributed by atoms with Gasteiger partial charge in [-0.25, -0.2) is 0 Å². The molecule has 3 aromatic carbocycles. The van der Waals surface area contributed by atoms with Gasteiger partial charge in [0.2, 0.25) is 0 Å². The Morgan fingerprint density at radius 1 is 0.652 bits per heavy atom. The summed E-state index contributed by atoms with van der Waals surface area (Å²) < 4.78 is 0. The summed E-state index contributed by atoms with van der Waals surface area (Å²) in [6.07, 6.45) is 0.971. The van der Waals surface area contributed by atoms with Crippen molar-refractivity contribution in [1.82, 2.24) is 0 Å². The maximum absolute atomic E-state index is 2.30. The van der Waals surface area contributed by atoms with Crippen molar-refractivity contribution in [2.24, 2.45) is 0 Å². The van der Waals surface area contributed by atoms with Crippen LogP contribution in [0.5, 0.6) is 0 Å². The van der Waals surface area contributed by atoms with Crippen molar-refractivity contribution in [3.63, 3.8) is 0 Å². The molecule has 3 aromatic rings. The minimum Gasteiger partial charge on any atom is -0.0622 e. The molecule has 0 radical (unpaired) electrons. The van der Waals surface area contributed by atoms with E-state index in [-0.39, 0.29) is 5.41 Å². The van der Waals surface area contributed by atoms with Crippen LogP contribution in [0.25, 0.3) is 11.1 Å². The summed E-state index contributed by atoms with van der Waals surface area (Å²) in [5, 5.41) is 0. The van der Waals surface area contributed by atoms with Crippen LogP contribution in [0.15, 0.2) is 78.9 Å². The molecule has 0 aliphatic carbocycles. The molecular formula is C23H24. The van der Waals surface area contributed by atoms with Gasteiger partial charge in [-0.2, -0.15) is 0 Å². The maximum Gasteiger partial charge on any atom is -0.00167 e. The third-order valence-corrected chi connectivity index (χ3v) is 4.29. The van der Waals surface area contributed by atoms with Gasteiger partial charge in [0.05, 0.1) is 0 Å². The van der Waals surface area contributed by atoms with Crippen LogP contribution in [0.3, 0.4) is 0 Å². The van der Waals surface area contributed by atoms with Crippen LogP contribution in [0.2, 0.25) is 0 Å². The molecular weight excluding hydrogens is 276 g/mol. The van der Waals surface area contributed by atoms with Crippen molar-refractivity contribution in [2.45, 2.75) is 32.6 Å². The molecule has 0 atom stereocenters. The van der Waals surface area contributed by atoms with Gasteiger partial charge in [-0.05, 0) is 39.7 Å². The summed E-state index contributed by atoms with van der Waals surface area (Å²) >= 11 is 0. The van der Waals surface area contributed by atoms with Gasteiger partial charge in [0.25, 0.3) is 0 Å². The largest absolute Gasteiger partial charge is 0.0622 e. The van der Waals surface area contributed by atoms with E-state index in [1.165, 1.54) is 27.8 Å². The predicted octanol–water partition coefficient (Wildman–Crippen LogP) is 6.24. The lowest BCUT2D eigenvalue weighted by molar-refractivity contribution is 0.584. The van der Waals surface area contributed by atoms with E-state index in [2.05, 4.69) is 99.6 Å². The molecule has 0 fully saturated rings. The number of hydrogen-bond acceptors (Lipinski definition) is 0. The highest BCUT2D eigenvalue weighted by molar-refractivity contribution is 5.70. The molecule has 0 bridgehead atoms. The van der Waals surface area contributed by atoms with E-state index in [0.717, 1.165) is 6.42 Å². The summed E-state index contributed by atoms with van der Waals surface area (Å²) in [5.41, 5.74) is 7.02. The molecule has 0 aromatic heterocycles. The fourth-order valence-corrected chi connectivity index (χ4v) is 3.17. The third-order valence-electron chi connectivity index (χ3n) is 4.29. The zero-order chi connectivity index (χ0) is 16.3. The van der Waals surface area contributed by atoms with Crippen LogP contribution in [0, 0.1) is 0 Å². The first-order valence-electron chi connectivity index (χ1n) is 8.27. The lowest BCUT2D eigenvalue weighted by Crippen LogP contribution is -2.15. The van der Waals surface area contributed by atoms with Gasteiger partial charge in [0.1, 0.15) is 0 Å². The van der Waals surface area contributed by atoms with Gasteiger partial charge < -0.3 is 0 Å². The summed E-state index contributed by atoms with van der Waals surface area (Å²) in [6, 6.07) is 28.2. The minimum atomic E-state index is 0.134. The molecule has 0 aliphatic heterocycles. The van der Waals surface area contributed by atoms with Gasteiger partial charge in [-0.3, -0.25) is 0 Å². The van der Waals surface area contributed by atoms with E-state index < -0.39 is 0 Å². The molecule has 0 spiro atoms. The summed E-state index contributed by atoms with van der Waals surface area (Å²) in [5.74, 6) is 0. The Hall–Kier alpha value is -2.34. The van der Waals surface area contributed by atoms with E-state index in [0.29, 0.717) is 0 Å². The molecule has 0 amide bonds. The monoisotopic (exact) mass is 300 g/mol. The Bertz CT molecular complexity index is 762. The molecule has 3 rings (SSSR count). The van der Waals surface area contributed by atoms with E-state index in [1.807, 2.05) is 0 Å². The highest BCUT2D eigenvalue weighted by Crippen LogP contribution is 2.34. The Morgan fingerprint density at radius 2 is 1.26 bits per heavy atom. The quantitative estimate of drug-likeness (QED) is 0.537. The average molecular weight is 300 g/mol. The van der Waals surface area contributed by atoms with Crippen LogP contribution in [0.4, 0.5) is 0 Å². The van der Waals surface area contributed by atoms with E-state index in [4.69, 9.17) is 0 Å². The van der Waals surface area contributed by atoms with Gasteiger partial charge in [0.15, 0.2) is 0 Å². The summed E-state index contributed by atoms with van der Waals surface area (Å²) in [7, 11) is 0. The second-order valence-corrected chi connectivity index (χ2v) is 7.11. The van der Waals surface area contributed by atoms with E-state index >= 15 is 0 Å². The smallest absolute Gasteiger partial charge is 0.00167 e. The van der Waals surface area contributed by atoms with Gasteiger partial charge >= 0.3 is 0 Å². The first-order chi connectivity index (χ1) is 11.1. The fraction of sp³-hybridized carbons (Fsp3) is 0.217. The van der Waals surface area contributed by atoms with Crippen molar-refractivity contribution >= 4 is 0 Å². The van der Waals surface area contributed by atoms with E-state index in [1.54, 1.807) is 0 Å². The fourth-order valence-electron chi connectivity index (χ4n) is 3.17. The SMILES string of the molecule is CC(C)(C)c1cccc(-c2ccccc2)c1Cc1ccccc1. The highest BCUT2D eigenvalue weighted by Gasteiger charge is 2.20. The van der Waals surface area contributed by atoms with Gasteiger partial charge in [0, 0.05) is 0 Å². The van der Waals surface area contributed by atoms with Crippen molar-refractivity contribution < 1.29 is 0 Å². The second kappa shape index (κ2) is 6.42. The normalized spacial score (nSPS) is 11.4. The molecule has 116 valence electrons. The molecule has 0 nitrogen and oxygen atoms in total.